The van der Waals surface area contributed by atoms with Gasteiger partial charge in [0.05, 0.1) is 11.1 Å². The van der Waals surface area contributed by atoms with Crippen LogP contribution in [-0.4, -0.2) is 53.9 Å². The molecule has 2 N–H and O–H groups in total. The maximum Gasteiger partial charge on any atom is 0.312 e. The zero-order chi connectivity index (χ0) is 18.0. The largest absolute Gasteiger partial charge is 0.461 e. The van der Waals surface area contributed by atoms with E-state index in [1.165, 1.54) is 0 Å². The first-order valence-electron chi connectivity index (χ1n) is 9.35. The topological polar surface area (TPSA) is 70.2 Å². The van der Waals surface area contributed by atoms with Crippen molar-refractivity contribution in [2.45, 2.75) is 31.9 Å². The first kappa shape index (κ1) is 17.2. The van der Waals surface area contributed by atoms with Crippen molar-refractivity contribution in [3.8, 4) is 11.3 Å². The monoisotopic (exact) mass is 354 g/mol. The van der Waals surface area contributed by atoms with Gasteiger partial charge in [0, 0.05) is 30.8 Å². The highest BCUT2D eigenvalue weighted by Crippen LogP contribution is 2.41. The lowest BCUT2D eigenvalue weighted by Crippen LogP contribution is -2.39. The van der Waals surface area contributed by atoms with Crippen LogP contribution in [0.2, 0.25) is 0 Å². The van der Waals surface area contributed by atoms with Gasteiger partial charge in [-0.3, -0.25) is 14.8 Å². The summed E-state index contributed by atoms with van der Waals surface area (Å²) in [5.41, 5.74) is 2.88. The number of carbonyl (C=O) groups excluding carboxylic acids is 1. The Kier molecular flexibility index (Phi) is 4.78. The molecule has 0 aliphatic carbocycles. The summed E-state index contributed by atoms with van der Waals surface area (Å²) in [4.78, 5) is 14.6. The Morgan fingerprint density at radius 2 is 2.04 bits per heavy atom. The number of benzene rings is 1. The lowest BCUT2D eigenvalue weighted by Gasteiger charge is -2.29. The molecule has 0 amide bonds. The number of aromatic amines is 1. The molecule has 0 bridgehead atoms. The first-order valence-corrected chi connectivity index (χ1v) is 9.35. The van der Waals surface area contributed by atoms with E-state index >= 15 is 0 Å². The lowest BCUT2D eigenvalue weighted by atomic mass is 9.76. The number of aromatic nitrogens is 2. The number of nitrogens with one attached hydrogen (secondary N) is 2. The number of piperidine rings is 1. The Morgan fingerprint density at radius 1 is 1.27 bits per heavy atom. The zero-order valence-corrected chi connectivity index (χ0v) is 15.2. The summed E-state index contributed by atoms with van der Waals surface area (Å²) in [6.07, 6.45) is 2.62. The predicted molar refractivity (Wildman–Crippen MR) is 99.4 cm³/mol. The second-order valence-electron chi connectivity index (χ2n) is 7.60. The summed E-state index contributed by atoms with van der Waals surface area (Å²) < 4.78 is 5.70. The van der Waals surface area contributed by atoms with Gasteiger partial charge < -0.3 is 10.1 Å². The smallest absolute Gasteiger partial charge is 0.312 e. The molecule has 6 heteroatoms. The minimum absolute atomic E-state index is 0.00491. The highest BCUT2D eigenvalue weighted by atomic mass is 16.6. The highest BCUT2D eigenvalue weighted by Gasteiger charge is 2.49. The van der Waals surface area contributed by atoms with Gasteiger partial charge in [0.2, 0.25) is 0 Å². The predicted octanol–water partition coefficient (Wildman–Crippen LogP) is 2.19. The molecule has 1 spiro atoms. The molecule has 2 fully saturated rings. The summed E-state index contributed by atoms with van der Waals surface area (Å²) in [6, 6.07) is 12.2. The van der Waals surface area contributed by atoms with Crippen molar-refractivity contribution in [1.29, 1.82) is 0 Å². The van der Waals surface area contributed by atoms with Gasteiger partial charge in [-0.15, -0.1) is 0 Å². The van der Waals surface area contributed by atoms with E-state index in [1.807, 2.05) is 18.2 Å². The molecule has 2 saturated heterocycles. The Morgan fingerprint density at radius 3 is 2.81 bits per heavy atom. The van der Waals surface area contributed by atoms with Crippen molar-refractivity contribution in [3.05, 3.63) is 42.1 Å². The van der Waals surface area contributed by atoms with Gasteiger partial charge in [-0.2, -0.15) is 5.10 Å². The number of esters is 1. The van der Waals surface area contributed by atoms with Gasteiger partial charge in [0.1, 0.15) is 6.10 Å². The molecule has 1 unspecified atom stereocenters. The van der Waals surface area contributed by atoms with Crippen LogP contribution in [0, 0.1) is 5.41 Å². The molecule has 26 heavy (non-hydrogen) atoms. The maximum atomic E-state index is 12.4. The molecular weight excluding hydrogens is 328 g/mol. The van der Waals surface area contributed by atoms with E-state index in [0.717, 1.165) is 62.4 Å². The van der Waals surface area contributed by atoms with Crippen LogP contribution in [0.4, 0.5) is 0 Å². The number of H-pyrrole nitrogens is 1. The molecule has 0 saturated carbocycles. The van der Waals surface area contributed by atoms with Crippen molar-refractivity contribution in [2.24, 2.45) is 5.41 Å². The normalized spacial score (nSPS) is 22.1. The molecular formula is C20H26N4O2. The second-order valence-corrected chi connectivity index (χ2v) is 7.60. The fraction of sp³-hybridized carbons (Fsp3) is 0.500. The molecule has 4 rings (SSSR count). The number of rotatable bonds is 5. The summed E-state index contributed by atoms with van der Waals surface area (Å²) >= 11 is 0. The Hall–Kier alpha value is -2.18. The average molecular weight is 354 g/mol. The third-order valence-corrected chi connectivity index (χ3v) is 5.54. The van der Waals surface area contributed by atoms with Gasteiger partial charge in [-0.1, -0.05) is 30.3 Å². The van der Waals surface area contributed by atoms with Gasteiger partial charge in [-0.25, -0.2) is 0 Å². The van der Waals surface area contributed by atoms with E-state index in [2.05, 4.69) is 45.7 Å². The number of hydrogen-bond donors (Lipinski definition) is 2. The molecule has 2 aliphatic rings. The third kappa shape index (κ3) is 3.52. The van der Waals surface area contributed by atoms with Crippen LogP contribution in [0.1, 0.15) is 25.0 Å². The fourth-order valence-electron chi connectivity index (χ4n) is 4.15. The third-order valence-electron chi connectivity index (χ3n) is 5.54. The summed E-state index contributed by atoms with van der Waals surface area (Å²) in [6.45, 7) is 3.32. The molecule has 2 aromatic rings. The van der Waals surface area contributed by atoms with E-state index in [4.69, 9.17) is 4.74 Å². The van der Waals surface area contributed by atoms with Crippen LogP contribution in [0.5, 0.6) is 0 Å². The number of ether oxygens (including phenoxy) is 1. The summed E-state index contributed by atoms with van der Waals surface area (Å²) in [7, 11) is 2.06. The van der Waals surface area contributed by atoms with Crippen LogP contribution in [0.3, 0.4) is 0 Å². The number of carbonyl (C=O) groups is 1. The number of cyclic esters (lactones) is 1. The van der Waals surface area contributed by atoms with E-state index in [-0.39, 0.29) is 17.5 Å². The van der Waals surface area contributed by atoms with Crippen molar-refractivity contribution in [2.75, 3.05) is 26.7 Å². The minimum Gasteiger partial charge on any atom is -0.461 e. The zero-order valence-electron chi connectivity index (χ0n) is 15.2. The Bertz CT molecular complexity index is 752. The van der Waals surface area contributed by atoms with Gasteiger partial charge in [-0.05, 0) is 39.0 Å². The number of hydrogen-bond acceptors (Lipinski definition) is 5. The average Bonchev–Trinajstić information content (AvgIpc) is 3.22. The van der Waals surface area contributed by atoms with E-state index < -0.39 is 0 Å². The van der Waals surface area contributed by atoms with Crippen molar-refractivity contribution >= 4 is 5.97 Å². The molecule has 0 radical (unpaired) electrons. The quantitative estimate of drug-likeness (QED) is 0.806. The van der Waals surface area contributed by atoms with Crippen LogP contribution < -0.4 is 5.32 Å². The van der Waals surface area contributed by atoms with E-state index in [0.29, 0.717) is 0 Å². The van der Waals surface area contributed by atoms with E-state index in [1.54, 1.807) is 0 Å². The van der Waals surface area contributed by atoms with Gasteiger partial charge >= 0.3 is 5.97 Å². The molecule has 1 aromatic carbocycles. The first-order chi connectivity index (χ1) is 12.6. The van der Waals surface area contributed by atoms with Crippen LogP contribution in [-0.2, 0) is 16.1 Å². The summed E-state index contributed by atoms with van der Waals surface area (Å²) in [5, 5.41) is 10.9. The number of nitrogens with zero attached hydrogens (tertiary/aromatic N) is 2. The highest BCUT2D eigenvalue weighted by molar-refractivity contribution is 5.79. The van der Waals surface area contributed by atoms with E-state index in [9.17, 15) is 4.79 Å². The SMILES string of the molecule is CN(Cc1cc(-c2ccccc2)n[nH]1)CC1CC2(CCNCC2)C(=O)O1. The second kappa shape index (κ2) is 7.21. The van der Waals surface area contributed by atoms with Gasteiger partial charge in [0.15, 0.2) is 0 Å². The lowest BCUT2D eigenvalue weighted by molar-refractivity contribution is -0.150. The van der Waals surface area contributed by atoms with Crippen LogP contribution >= 0.6 is 0 Å². The number of likely N-dealkylation sites (N-methyl/N-ethyl adjacent to an activating group) is 1. The van der Waals surface area contributed by atoms with Crippen molar-refractivity contribution in [3.63, 3.8) is 0 Å². The van der Waals surface area contributed by atoms with Crippen molar-refractivity contribution in [1.82, 2.24) is 20.4 Å². The Balaban J connectivity index is 1.34. The molecule has 6 nitrogen and oxygen atoms in total. The van der Waals surface area contributed by atoms with Crippen molar-refractivity contribution < 1.29 is 9.53 Å². The van der Waals surface area contributed by atoms with Crippen LogP contribution in [0.25, 0.3) is 11.3 Å². The molecule has 2 aliphatic heterocycles. The molecule has 1 atom stereocenters. The standard InChI is InChI=1S/C20H26N4O2/c1-24(13-16-11-18(23-22-16)15-5-3-2-4-6-15)14-17-12-20(19(25)26-17)7-9-21-10-8-20/h2-6,11,17,21H,7-10,12-14H2,1H3,(H,22,23). The van der Waals surface area contributed by atoms with Gasteiger partial charge in [0.25, 0.3) is 0 Å². The fourth-order valence-corrected chi connectivity index (χ4v) is 4.15. The molecule has 3 heterocycles. The Labute approximate surface area is 153 Å². The summed E-state index contributed by atoms with van der Waals surface area (Å²) in [5.74, 6) is 0.00491. The molecule has 1 aromatic heterocycles. The van der Waals surface area contributed by atoms with Crippen LogP contribution in [0.15, 0.2) is 36.4 Å². The maximum absolute atomic E-state index is 12.4. The molecule has 138 valence electrons. The minimum atomic E-state index is -0.245.